The quantitative estimate of drug-likeness (QED) is 0.910. The zero-order chi connectivity index (χ0) is 15.7. The fraction of sp³-hybridized carbons (Fsp3) is 0.357. The number of hydrogen-bond donors (Lipinski definition) is 1. The smallest absolute Gasteiger partial charge is 0.305 e. The summed E-state index contributed by atoms with van der Waals surface area (Å²) in [6.45, 7) is 2.46. The molecule has 1 saturated heterocycles. The van der Waals surface area contributed by atoms with Crippen LogP contribution in [0.15, 0.2) is 23.2 Å². The number of nitrogens with zero attached hydrogens (tertiary/aromatic N) is 2. The van der Waals surface area contributed by atoms with Crippen molar-refractivity contribution >= 4 is 34.5 Å². The van der Waals surface area contributed by atoms with Gasteiger partial charge in [-0.25, -0.2) is 4.99 Å². The summed E-state index contributed by atoms with van der Waals surface area (Å²) in [4.78, 5) is 29.0. The van der Waals surface area contributed by atoms with Crippen LogP contribution >= 0.6 is 11.8 Å². The van der Waals surface area contributed by atoms with Crippen LogP contribution in [0, 0.1) is 0 Å². The molecule has 116 valence electrons. The number of fused-ring (bicyclic) bond motifs is 1. The van der Waals surface area contributed by atoms with Crippen molar-refractivity contribution in [3.05, 3.63) is 18.2 Å². The molecule has 8 heteroatoms. The molecule has 1 amide bonds. The van der Waals surface area contributed by atoms with Gasteiger partial charge in [0, 0.05) is 12.6 Å². The van der Waals surface area contributed by atoms with Gasteiger partial charge in [0.2, 0.25) is 12.7 Å². The molecule has 0 saturated carbocycles. The fourth-order valence-corrected chi connectivity index (χ4v) is 3.45. The Morgan fingerprint density at radius 3 is 2.95 bits per heavy atom. The van der Waals surface area contributed by atoms with E-state index in [-0.39, 0.29) is 19.1 Å². The largest absolute Gasteiger partial charge is 0.481 e. The van der Waals surface area contributed by atoms with Crippen LogP contribution in [0.2, 0.25) is 0 Å². The molecule has 7 nitrogen and oxygen atoms in total. The minimum atomic E-state index is -0.994. The van der Waals surface area contributed by atoms with E-state index in [9.17, 15) is 9.59 Å². The van der Waals surface area contributed by atoms with Gasteiger partial charge in [0.05, 0.1) is 12.1 Å². The normalized spacial score (nSPS) is 21.7. The van der Waals surface area contributed by atoms with Gasteiger partial charge in [0.15, 0.2) is 16.7 Å². The third-order valence-corrected chi connectivity index (χ3v) is 4.45. The molecule has 1 aromatic carbocycles. The molecule has 1 N–H and O–H groups in total. The molecule has 1 fully saturated rings. The number of amides is 1. The molecule has 1 atom stereocenters. The molecule has 1 aromatic rings. The van der Waals surface area contributed by atoms with Crippen molar-refractivity contribution in [1.82, 2.24) is 4.90 Å². The third-order valence-electron chi connectivity index (χ3n) is 3.28. The Balaban J connectivity index is 1.86. The van der Waals surface area contributed by atoms with Crippen LogP contribution in [0.25, 0.3) is 0 Å². The number of thioether (sulfide) groups is 1. The first-order chi connectivity index (χ1) is 10.6. The van der Waals surface area contributed by atoms with Crippen molar-refractivity contribution < 1.29 is 24.2 Å². The first-order valence-corrected chi connectivity index (χ1v) is 7.64. The fourth-order valence-electron chi connectivity index (χ4n) is 2.24. The van der Waals surface area contributed by atoms with E-state index in [2.05, 4.69) is 4.99 Å². The first-order valence-electron chi connectivity index (χ1n) is 6.76. The standard InChI is InChI=1S/C14H14N2O5S/c1-2-16-13(19)11(6-12(17)18)22-14(16)15-8-3-4-9-10(5-8)21-7-20-9/h3-5,11H,2,6-7H2,1H3,(H,17,18)/t11-/m1/s1. The molecule has 0 unspecified atom stereocenters. The SMILES string of the molecule is CCN1C(=O)[C@@H](CC(=O)O)SC1=Nc1ccc2c(c1)OCO2. The molecule has 22 heavy (non-hydrogen) atoms. The number of amidine groups is 1. The van der Waals surface area contributed by atoms with Gasteiger partial charge in [-0.2, -0.15) is 0 Å². The molecule has 2 aliphatic heterocycles. The predicted molar refractivity (Wildman–Crippen MR) is 80.7 cm³/mol. The van der Waals surface area contributed by atoms with Crippen molar-refractivity contribution in [3.63, 3.8) is 0 Å². The lowest BCUT2D eigenvalue weighted by molar-refractivity contribution is -0.139. The molecule has 2 heterocycles. The Labute approximate surface area is 130 Å². The molecule has 2 aliphatic rings. The number of benzene rings is 1. The zero-order valence-electron chi connectivity index (χ0n) is 11.8. The monoisotopic (exact) mass is 322 g/mol. The number of rotatable bonds is 4. The van der Waals surface area contributed by atoms with E-state index in [4.69, 9.17) is 14.6 Å². The van der Waals surface area contributed by atoms with Gasteiger partial charge >= 0.3 is 5.97 Å². The van der Waals surface area contributed by atoms with E-state index in [0.29, 0.717) is 28.9 Å². The van der Waals surface area contributed by atoms with Crippen molar-refractivity contribution in [3.8, 4) is 11.5 Å². The average Bonchev–Trinajstić information content (AvgIpc) is 3.04. The summed E-state index contributed by atoms with van der Waals surface area (Å²) < 4.78 is 10.5. The highest BCUT2D eigenvalue weighted by Gasteiger charge is 2.38. The third kappa shape index (κ3) is 2.74. The Hall–Kier alpha value is -2.22. The molecule has 0 radical (unpaired) electrons. The van der Waals surface area contributed by atoms with Crippen LogP contribution in [0.1, 0.15) is 13.3 Å². The van der Waals surface area contributed by atoms with Gasteiger partial charge in [0.25, 0.3) is 0 Å². The van der Waals surface area contributed by atoms with Crippen molar-refractivity contribution in [2.75, 3.05) is 13.3 Å². The van der Waals surface area contributed by atoms with Crippen LogP contribution < -0.4 is 9.47 Å². The summed E-state index contributed by atoms with van der Waals surface area (Å²) in [5.41, 5.74) is 0.633. The van der Waals surface area contributed by atoms with E-state index in [1.165, 1.54) is 16.7 Å². The van der Waals surface area contributed by atoms with Crippen molar-refractivity contribution in [1.29, 1.82) is 0 Å². The number of aliphatic imine (C=N–C) groups is 1. The molecular weight excluding hydrogens is 308 g/mol. The number of hydrogen-bond acceptors (Lipinski definition) is 6. The minimum Gasteiger partial charge on any atom is -0.481 e. The Bertz CT molecular complexity index is 661. The summed E-state index contributed by atoms with van der Waals surface area (Å²) in [5, 5.41) is 8.77. The van der Waals surface area contributed by atoms with E-state index in [1.54, 1.807) is 18.2 Å². The summed E-state index contributed by atoms with van der Waals surface area (Å²) in [5.74, 6) is 0.0668. The number of carbonyl (C=O) groups is 2. The summed E-state index contributed by atoms with van der Waals surface area (Å²) in [7, 11) is 0. The highest BCUT2D eigenvalue weighted by Crippen LogP contribution is 2.37. The molecular formula is C14H14N2O5S. The van der Waals surface area contributed by atoms with Crippen LogP contribution in [-0.2, 0) is 9.59 Å². The maximum absolute atomic E-state index is 12.2. The van der Waals surface area contributed by atoms with Crippen LogP contribution in [-0.4, -0.2) is 45.6 Å². The van der Waals surface area contributed by atoms with Crippen LogP contribution in [0.4, 0.5) is 5.69 Å². The Kier molecular flexibility index (Phi) is 3.93. The topological polar surface area (TPSA) is 88.4 Å². The Morgan fingerprint density at radius 1 is 1.45 bits per heavy atom. The van der Waals surface area contributed by atoms with Crippen LogP contribution in [0.3, 0.4) is 0 Å². The second kappa shape index (κ2) is 5.88. The van der Waals surface area contributed by atoms with Crippen LogP contribution in [0.5, 0.6) is 11.5 Å². The first kappa shape index (κ1) is 14.7. The van der Waals surface area contributed by atoms with Crippen molar-refractivity contribution in [2.24, 2.45) is 4.99 Å². The Morgan fingerprint density at radius 2 is 2.23 bits per heavy atom. The second-order valence-electron chi connectivity index (χ2n) is 4.72. The lowest BCUT2D eigenvalue weighted by Gasteiger charge is -2.13. The number of carboxylic acids is 1. The lowest BCUT2D eigenvalue weighted by atomic mass is 10.2. The summed E-state index contributed by atoms with van der Waals surface area (Å²) >= 11 is 1.18. The number of carboxylic acid groups (broad SMARTS) is 1. The van der Waals surface area contributed by atoms with E-state index < -0.39 is 11.2 Å². The molecule has 3 rings (SSSR count). The number of carbonyl (C=O) groups excluding carboxylic acids is 1. The van der Waals surface area contributed by atoms with Gasteiger partial charge in [-0.15, -0.1) is 0 Å². The zero-order valence-corrected chi connectivity index (χ0v) is 12.6. The van der Waals surface area contributed by atoms with E-state index in [1.807, 2.05) is 6.92 Å². The molecule has 0 spiro atoms. The highest BCUT2D eigenvalue weighted by atomic mass is 32.2. The van der Waals surface area contributed by atoms with Crippen molar-refractivity contribution in [2.45, 2.75) is 18.6 Å². The van der Waals surface area contributed by atoms with Gasteiger partial charge < -0.3 is 14.6 Å². The van der Waals surface area contributed by atoms with Gasteiger partial charge in [-0.05, 0) is 19.1 Å². The minimum absolute atomic E-state index is 0.185. The van der Waals surface area contributed by atoms with Gasteiger partial charge in [-0.3, -0.25) is 14.5 Å². The second-order valence-corrected chi connectivity index (χ2v) is 5.89. The summed E-state index contributed by atoms with van der Waals surface area (Å²) in [6, 6.07) is 5.26. The van der Waals surface area contributed by atoms with E-state index in [0.717, 1.165) is 0 Å². The highest BCUT2D eigenvalue weighted by molar-refractivity contribution is 8.15. The predicted octanol–water partition coefficient (Wildman–Crippen LogP) is 1.84. The maximum atomic E-state index is 12.2. The molecule has 0 bridgehead atoms. The maximum Gasteiger partial charge on any atom is 0.305 e. The molecule has 0 aromatic heterocycles. The summed E-state index contributed by atoms with van der Waals surface area (Å²) in [6.07, 6.45) is -0.208. The lowest BCUT2D eigenvalue weighted by Crippen LogP contribution is -2.32. The number of ether oxygens (including phenoxy) is 2. The van der Waals surface area contributed by atoms with Gasteiger partial charge in [0.1, 0.15) is 5.25 Å². The molecule has 0 aliphatic carbocycles. The number of aliphatic carboxylic acids is 1. The van der Waals surface area contributed by atoms with Gasteiger partial charge in [-0.1, -0.05) is 11.8 Å². The average molecular weight is 322 g/mol. The van der Waals surface area contributed by atoms with E-state index >= 15 is 0 Å².